The molecule has 2 atom stereocenters. The van der Waals surface area contributed by atoms with Crippen LogP contribution in [0.1, 0.15) is 45.2 Å². The second-order valence-electron chi connectivity index (χ2n) is 17.2. The van der Waals surface area contributed by atoms with Crippen LogP contribution in [0.25, 0.3) is 83.1 Å². The largest absolute Gasteiger partial charge is 0.309 e. The Morgan fingerprint density at radius 2 is 0.651 bits per heavy atom. The third-order valence-electron chi connectivity index (χ3n) is 13.8. The van der Waals surface area contributed by atoms with Crippen molar-refractivity contribution < 1.29 is 0 Å². The Morgan fingerprint density at radius 1 is 0.254 bits per heavy atom. The van der Waals surface area contributed by atoms with Crippen LogP contribution < -0.4 is 0 Å². The summed E-state index contributed by atoms with van der Waals surface area (Å²) in [6.45, 7) is 0. The molecule has 2 unspecified atom stereocenters. The molecular formula is C62H41N. The van der Waals surface area contributed by atoms with E-state index in [1.807, 2.05) is 0 Å². The van der Waals surface area contributed by atoms with Crippen molar-refractivity contribution in [1.29, 1.82) is 0 Å². The molecule has 0 amide bonds. The first-order chi connectivity index (χ1) is 31.2. The Labute approximate surface area is 367 Å². The van der Waals surface area contributed by atoms with Gasteiger partial charge in [-0.25, -0.2) is 0 Å². The fourth-order valence-electron chi connectivity index (χ4n) is 10.9. The molecule has 0 fully saturated rings. The maximum Gasteiger partial charge on any atom is 0.0541 e. The molecule has 0 spiro atoms. The smallest absolute Gasteiger partial charge is 0.0541 e. The topological polar surface area (TPSA) is 4.93 Å². The first-order valence-corrected chi connectivity index (χ1v) is 22.1. The molecule has 0 saturated carbocycles. The second kappa shape index (κ2) is 14.3. The molecule has 10 aromatic carbocycles. The Bertz CT molecular complexity index is 3500. The van der Waals surface area contributed by atoms with E-state index in [2.05, 4.69) is 241 Å². The van der Waals surface area contributed by atoms with E-state index < -0.39 is 0 Å². The van der Waals surface area contributed by atoms with E-state index in [0.29, 0.717) is 0 Å². The molecule has 13 rings (SSSR count). The van der Waals surface area contributed by atoms with Crippen LogP contribution in [0.4, 0.5) is 0 Å². The van der Waals surface area contributed by atoms with Crippen LogP contribution in [0.2, 0.25) is 0 Å². The van der Waals surface area contributed by atoms with Crippen molar-refractivity contribution in [3.05, 3.63) is 270 Å². The lowest BCUT2D eigenvalue weighted by Gasteiger charge is -2.17. The van der Waals surface area contributed by atoms with E-state index in [4.69, 9.17) is 0 Å². The SMILES string of the molecule is c1ccc(-c2ccc(C3c4ccccc4-c4cc(-c5ccc(C6c7ccccc7-c7cc(-c8cccc(-n9c%10ccccc%10c%10ccccc%109)c8)ccc76)cc5)ccc43)cc2)cc1. The molecule has 294 valence electrons. The number of para-hydroxylation sites is 2. The van der Waals surface area contributed by atoms with E-state index >= 15 is 0 Å². The van der Waals surface area contributed by atoms with Crippen LogP contribution >= 0.6 is 0 Å². The molecule has 0 N–H and O–H groups in total. The summed E-state index contributed by atoms with van der Waals surface area (Å²) in [7, 11) is 0. The molecule has 1 heteroatoms. The summed E-state index contributed by atoms with van der Waals surface area (Å²) in [4.78, 5) is 0. The Balaban J connectivity index is 0.826. The quantitative estimate of drug-likeness (QED) is 0.158. The van der Waals surface area contributed by atoms with Crippen molar-refractivity contribution in [2.45, 2.75) is 11.8 Å². The van der Waals surface area contributed by atoms with E-state index in [9.17, 15) is 0 Å². The predicted molar refractivity (Wildman–Crippen MR) is 263 cm³/mol. The number of hydrogen-bond donors (Lipinski definition) is 0. The van der Waals surface area contributed by atoms with Gasteiger partial charge in [0.15, 0.2) is 0 Å². The van der Waals surface area contributed by atoms with Crippen molar-refractivity contribution in [2.75, 3.05) is 0 Å². The van der Waals surface area contributed by atoms with Gasteiger partial charge in [-0.05, 0) is 125 Å². The molecule has 0 radical (unpaired) electrons. The summed E-state index contributed by atoms with van der Waals surface area (Å²) in [6.07, 6.45) is 0. The highest BCUT2D eigenvalue weighted by atomic mass is 15.0. The van der Waals surface area contributed by atoms with Gasteiger partial charge in [-0.1, -0.05) is 200 Å². The van der Waals surface area contributed by atoms with Gasteiger partial charge in [0.25, 0.3) is 0 Å². The summed E-state index contributed by atoms with van der Waals surface area (Å²) in [5.74, 6) is 0.383. The van der Waals surface area contributed by atoms with Gasteiger partial charge in [0.1, 0.15) is 0 Å². The normalized spacial score (nSPS) is 14.7. The van der Waals surface area contributed by atoms with E-state index in [0.717, 1.165) is 0 Å². The minimum atomic E-state index is 0.171. The third-order valence-corrected chi connectivity index (χ3v) is 13.8. The summed E-state index contributed by atoms with van der Waals surface area (Å²) < 4.78 is 2.40. The van der Waals surface area contributed by atoms with Crippen LogP contribution in [-0.2, 0) is 0 Å². The van der Waals surface area contributed by atoms with Crippen LogP contribution in [0.5, 0.6) is 0 Å². The van der Waals surface area contributed by atoms with Gasteiger partial charge >= 0.3 is 0 Å². The zero-order valence-corrected chi connectivity index (χ0v) is 34.6. The van der Waals surface area contributed by atoms with Crippen molar-refractivity contribution >= 4 is 21.8 Å². The molecule has 0 saturated heterocycles. The first kappa shape index (κ1) is 35.7. The molecule has 1 nitrogen and oxygen atoms in total. The highest BCUT2D eigenvalue weighted by molar-refractivity contribution is 6.09. The maximum atomic E-state index is 2.42. The number of aromatic nitrogens is 1. The third kappa shape index (κ3) is 5.70. The van der Waals surface area contributed by atoms with Crippen LogP contribution in [-0.4, -0.2) is 4.57 Å². The zero-order valence-electron chi connectivity index (χ0n) is 34.6. The lowest BCUT2D eigenvalue weighted by Crippen LogP contribution is -1.99. The highest BCUT2D eigenvalue weighted by Gasteiger charge is 2.32. The van der Waals surface area contributed by atoms with E-state index in [1.165, 1.54) is 117 Å². The van der Waals surface area contributed by atoms with Crippen molar-refractivity contribution in [3.63, 3.8) is 0 Å². The second-order valence-corrected chi connectivity index (χ2v) is 17.2. The molecule has 0 bridgehead atoms. The van der Waals surface area contributed by atoms with Crippen molar-refractivity contribution in [1.82, 2.24) is 4.57 Å². The monoisotopic (exact) mass is 799 g/mol. The van der Waals surface area contributed by atoms with Gasteiger partial charge in [0.2, 0.25) is 0 Å². The zero-order chi connectivity index (χ0) is 41.4. The number of rotatable bonds is 6. The average molecular weight is 800 g/mol. The van der Waals surface area contributed by atoms with Crippen LogP contribution in [0.15, 0.2) is 237 Å². The molecule has 0 aliphatic heterocycles. The maximum absolute atomic E-state index is 2.42. The van der Waals surface area contributed by atoms with Crippen LogP contribution in [0.3, 0.4) is 0 Å². The molecule has 2 aliphatic carbocycles. The molecule has 63 heavy (non-hydrogen) atoms. The number of hydrogen-bond acceptors (Lipinski definition) is 0. The summed E-state index contributed by atoms with van der Waals surface area (Å²) in [5, 5.41) is 2.56. The molecule has 1 aromatic heterocycles. The number of benzene rings is 10. The Hall–Kier alpha value is -8.00. The minimum absolute atomic E-state index is 0.171. The summed E-state index contributed by atoms with van der Waals surface area (Å²) in [6, 6.07) is 87.8. The van der Waals surface area contributed by atoms with Gasteiger partial charge in [-0.3, -0.25) is 0 Å². The van der Waals surface area contributed by atoms with Crippen molar-refractivity contribution in [2.24, 2.45) is 0 Å². The van der Waals surface area contributed by atoms with E-state index in [1.54, 1.807) is 0 Å². The molecule has 1 heterocycles. The fourth-order valence-corrected chi connectivity index (χ4v) is 10.9. The molecule has 2 aliphatic rings. The number of nitrogens with zero attached hydrogens (tertiary/aromatic N) is 1. The first-order valence-electron chi connectivity index (χ1n) is 22.1. The minimum Gasteiger partial charge on any atom is -0.309 e. The van der Waals surface area contributed by atoms with Crippen molar-refractivity contribution in [3.8, 4) is 61.3 Å². The standard InChI is InChI=1S/C62H41N/c1-2-13-40(14-3-1)41-25-29-43(30-26-41)61-53-21-6-4-17-49(53)57-38-46(33-35-55(57)61)42-27-31-44(32-28-42)62-54-22-7-5-18-50(54)58-39-47(34-36-56(58)62)45-15-12-16-48(37-45)63-59-23-10-8-19-51(59)52-20-9-11-24-60(52)63/h1-39,61-62H. The predicted octanol–water partition coefficient (Wildman–Crippen LogP) is 16.1. The van der Waals surface area contributed by atoms with Gasteiger partial charge in [-0.15, -0.1) is 0 Å². The summed E-state index contributed by atoms with van der Waals surface area (Å²) in [5.41, 5.74) is 24.5. The lowest BCUT2D eigenvalue weighted by molar-refractivity contribution is 1.01. The average Bonchev–Trinajstić information content (AvgIpc) is 4.00. The van der Waals surface area contributed by atoms with Gasteiger partial charge < -0.3 is 4.57 Å². The lowest BCUT2D eigenvalue weighted by atomic mass is 9.87. The number of fused-ring (bicyclic) bond motifs is 9. The van der Waals surface area contributed by atoms with Crippen LogP contribution in [0, 0.1) is 0 Å². The van der Waals surface area contributed by atoms with E-state index in [-0.39, 0.29) is 11.8 Å². The van der Waals surface area contributed by atoms with Gasteiger partial charge in [-0.2, -0.15) is 0 Å². The van der Waals surface area contributed by atoms with Gasteiger partial charge in [0, 0.05) is 28.3 Å². The summed E-state index contributed by atoms with van der Waals surface area (Å²) >= 11 is 0. The Morgan fingerprint density at radius 3 is 1.22 bits per heavy atom. The fraction of sp³-hybridized carbons (Fsp3) is 0.0323. The Kier molecular flexibility index (Phi) is 8.11. The van der Waals surface area contributed by atoms with Gasteiger partial charge in [0.05, 0.1) is 11.0 Å². The molecule has 11 aromatic rings. The molecular weight excluding hydrogens is 759 g/mol. The highest BCUT2D eigenvalue weighted by Crippen LogP contribution is 2.51.